The molecule has 0 aliphatic carbocycles. The van der Waals surface area contributed by atoms with Crippen molar-refractivity contribution in [3.05, 3.63) is 103 Å². The van der Waals surface area contributed by atoms with Gasteiger partial charge in [-0.15, -0.1) is 0 Å². The molecule has 2 N–H and O–H groups in total. The van der Waals surface area contributed by atoms with E-state index in [0.717, 1.165) is 33.4 Å². The molecule has 10 heteroatoms. The fraction of sp³-hybridized carbons (Fsp3) is 0.353. The van der Waals surface area contributed by atoms with Gasteiger partial charge in [-0.1, -0.05) is 43.2 Å². The van der Waals surface area contributed by atoms with Crippen molar-refractivity contribution in [3.8, 4) is 0 Å². The number of aliphatic carboxylic acids is 1. The predicted molar refractivity (Wildman–Crippen MR) is 195 cm³/mol. The smallest absolute Gasteiger partial charge is 0.303 e. The maximum Gasteiger partial charge on any atom is 0.303 e. The highest BCUT2D eigenvalue weighted by Crippen LogP contribution is 2.51. The highest BCUT2D eigenvalue weighted by Gasteiger charge is 2.44. The molecule has 0 fully saturated rings. The zero-order valence-electron chi connectivity index (χ0n) is 25.4. The van der Waals surface area contributed by atoms with Gasteiger partial charge in [0.2, 0.25) is 5.69 Å². The topological polar surface area (TPSA) is 97.9 Å². The van der Waals surface area contributed by atoms with E-state index in [1.165, 1.54) is 20.5 Å². The fourth-order valence-electron chi connectivity index (χ4n) is 6.32. The molecule has 2 aromatic rings. The zero-order valence-corrected chi connectivity index (χ0v) is 30.6. The van der Waals surface area contributed by atoms with Crippen LogP contribution in [0.4, 0.5) is 11.4 Å². The minimum Gasteiger partial charge on any atom is -0.481 e. The summed E-state index contributed by atoms with van der Waals surface area (Å²) in [7, 11) is -2.21. The van der Waals surface area contributed by atoms with Crippen LogP contribution >= 0.6 is 45.2 Å². The lowest BCUT2D eigenvalue weighted by Crippen LogP contribution is -2.32. The van der Waals surface area contributed by atoms with Gasteiger partial charge in [0.25, 0.3) is 10.1 Å². The minimum atomic E-state index is -4.31. The molecular weight excluding hydrogens is 802 g/mol. The molecule has 234 valence electrons. The summed E-state index contributed by atoms with van der Waals surface area (Å²) in [6.07, 6.45) is 16.8. The Bertz CT molecular complexity index is 1710. The van der Waals surface area contributed by atoms with E-state index in [2.05, 4.69) is 108 Å². The van der Waals surface area contributed by atoms with Crippen LogP contribution < -0.4 is 4.90 Å². The largest absolute Gasteiger partial charge is 0.481 e. The highest BCUT2D eigenvalue weighted by atomic mass is 127. The minimum absolute atomic E-state index is 0.111. The van der Waals surface area contributed by atoms with Crippen molar-refractivity contribution >= 4 is 78.4 Å². The summed E-state index contributed by atoms with van der Waals surface area (Å²) in [6.45, 7) is 6.57. The lowest BCUT2D eigenvalue weighted by atomic mass is 9.77. The van der Waals surface area contributed by atoms with Gasteiger partial charge in [0.05, 0.1) is 5.41 Å². The molecule has 7 nitrogen and oxygen atoms in total. The Morgan fingerprint density at radius 3 is 2.25 bits per heavy atom. The molecule has 0 spiro atoms. The van der Waals surface area contributed by atoms with Gasteiger partial charge in [-0.25, -0.2) is 0 Å². The van der Waals surface area contributed by atoms with Gasteiger partial charge in [-0.05, 0) is 121 Å². The van der Waals surface area contributed by atoms with Crippen molar-refractivity contribution in [1.82, 2.24) is 0 Å². The van der Waals surface area contributed by atoms with Gasteiger partial charge >= 0.3 is 5.97 Å². The summed E-state index contributed by atoms with van der Waals surface area (Å²) >= 11 is 4.61. The van der Waals surface area contributed by atoms with Crippen molar-refractivity contribution in [2.75, 3.05) is 17.8 Å². The fourth-order valence-corrected chi connectivity index (χ4v) is 7.90. The lowest BCUT2D eigenvalue weighted by Gasteiger charge is -2.30. The van der Waals surface area contributed by atoms with Gasteiger partial charge in [-0.2, -0.15) is 13.0 Å². The lowest BCUT2D eigenvalue weighted by molar-refractivity contribution is -0.401. The van der Waals surface area contributed by atoms with Crippen molar-refractivity contribution in [2.24, 2.45) is 0 Å². The number of hydrogen-bond donors (Lipinski definition) is 2. The normalized spacial score (nSPS) is 20.5. The van der Waals surface area contributed by atoms with Crippen molar-refractivity contribution in [3.63, 3.8) is 0 Å². The molecule has 0 aromatic heterocycles. The summed E-state index contributed by atoms with van der Waals surface area (Å²) in [5.74, 6) is -1.35. The number of halogens is 2. The molecule has 4 rings (SSSR count). The third kappa shape index (κ3) is 7.73. The van der Waals surface area contributed by atoms with Gasteiger partial charge in [0.1, 0.15) is 7.05 Å². The molecule has 44 heavy (non-hydrogen) atoms. The number of anilines is 1. The number of carboxylic acid groups (broad SMARTS) is 1. The maximum atomic E-state index is 12.1. The second-order valence-corrected chi connectivity index (χ2v) is 15.9. The first kappa shape index (κ1) is 34.6. The van der Waals surface area contributed by atoms with Crippen LogP contribution in [0, 0.1) is 7.14 Å². The number of allylic oxidation sites excluding steroid dienone is 8. The van der Waals surface area contributed by atoms with E-state index in [1.807, 2.05) is 48.6 Å². The first-order valence-corrected chi connectivity index (χ1v) is 18.3. The monoisotopic (exact) mass is 841 g/mol. The van der Waals surface area contributed by atoms with Crippen LogP contribution in [0.1, 0.15) is 64.0 Å². The Morgan fingerprint density at radius 1 is 0.932 bits per heavy atom. The van der Waals surface area contributed by atoms with Crippen LogP contribution in [0.2, 0.25) is 0 Å². The Labute approximate surface area is 288 Å². The highest BCUT2D eigenvalue weighted by molar-refractivity contribution is 14.1. The first-order chi connectivity index (χ1) is 20.6. The molecule has 0 saturated carbocycles. The van der Waals surface area contributed by atoms with Gasteiger partial charge < -0.3 is 10.0 Å². The van der Waals surface area contributed by atoms with Crippen LogP contribution in [0.5, 0.6) is 0 Å². The molecule has 0 radical (unpaired) electrons. The maximum absolute atomic E-state index is 12.1. The average molecular weight is 842 g/mol. The van der Waals surface area contributed by atoms with Crippen molar-refractivity contribution in [1.29, 1.82) is 0 Å². The van der Waals surface area contributed by atoms with Crippen LogP contribution in [0.15, 0.2) is 84.6 Å². The van der Waals surface area contributed by atoms with Gasteiger partial charge in [0.15, 0.2) is 11.6 Å². The summed E-state index contributed by atoms with van der Waals surface area (Å²) < 4.78 is 38.5. The standard InChI is InChI=1S/C34H38I2N2O5S/c1-33(2)26-21-24(35)16-18-28(26)37(4)30(33)13-9-6-5-7-10-14-31-34(3,20-12-8-11-15-32(39)40)27-22-25(36)17-19-29(27)38(31)23-44(41,42)43/h5-7,9-10,13-14,16-19,21-22H,8,11-12,15,20,23H2,1-4H3,(H-,39,40,41,42,43)/p+1. The molecule has 2 aliphatic heterocycles. The number of carboxylic acids is 1. The predicted octanol–water partition coefficient (Wildman–Crippen LogP) is 8.11. The van der Waals surface area contributed by atoms with Crippen LogP contribution in [0.25, 0.3) is 0 Å². The number of benzene rings is 2. The number of fused-ring (bicyclic) bond motifs is 2. The summed E-state index contributed by atoms with van der Waals surface area (Å²) in [5.41, 5.74) is 5.66. The Kier molecular flexibility index (Phi) is 11.0. The second kappa shape index (κ2) is 14.0. The second-order valence-electron chi connectivity index (χ2n) is 12.0. The molecule has 0 bridgehead atoms. The van der Waals surface area contributed by atoms with E-state index in [-0.39, 0.29) is 11.8 Å². The number of nitrogens with zero attached hydrogens (tertiary/aromatic N) is 2. The first-order valence-electron chi connectivity index (χ1n) is 14.5. The molecule has 2 aliphatic rings. The van der Waals surface area contributed by atoms with E-state index < -0.39 is 27.4 Å². The molecule has 2 aromatic carbocycles. The van der Waals surface area contributed by atoms with E-state index in [1.54, 1.807) is 4.90 Å². The number of unbranched alkanes of at least 4 members (excludes halogenated alkanes) is 2. The van der Waals surface area contributed by atoms with E-state index in [9.17, 15) is 17.8 Å². The van der Waals surface area contributed by atoms with Crippen molar-refractivity contribution in [2.45, 2.75) is 63.7 Å². The number of hydrogen-bond acceptors (Lipinski definition) is 4. The third-order valence-corrected chi connectivity index (χ3v) is 10.4. The van der Waals surface area contributed by atoms with Crippen LogP contribution in [-0.4, -0.2) is 47.3 Å². The van der Waals surface area contributed by atoms with Crippen LogP contribution in [0.3, 0.4) is 0 Å². The SMILES string of the molecule is C[N+]1=C(/C=C/C=C/C=C/C=C2\N(CS(=O)(=O)O)c3ccc(I)cc3C2(C)CCCCCC(=O)O)C(C)(C)c2cc(I)ccc21. The quantitative estimate of drug-likeness (QED) is 0.0738. The molecule has 1 atom stereocenters. The molecule has 0 amide bonds. The Morgan fingerprint density at radius 2 is 1.57 bits per heavy atom. The van der Waals surface area contributed by atoms with E-state index in [4.69, 9.17) is 5.11 Å². The average Bonchev–Trinajstić information content (AvgIpc) is 3.25. The van der Waals surface area contributed by atoms with Gasteiger partial charge in [-0.3, -0.25) is 9.35 Å². The third-order valence-electron chi connectivity index (χ3n) is 8.51. The number of carbonyl (C=O) groups is 1. The molecule has 2 heterocycles. The zero-order chi connectivity index (χ0) is 32.3. The number of rotatable bonds is 12. The Hall–Kier alpha value is -2.29. The van der Waals surface area contributed by atoms with Gasteiger partial charge in [0, 0.05) is 48.1 Å². The van der Waals surface area contributed by atoms with Crippen molar-refractivity contribution < 1.29 is 27.4 Å². The Balaban J connectivity index is 1.57. The summed E-state index contributed by atoms with van der Waals surface area (Å²) in [4.78, 5) is 12.7. The molecular formula is C34H39I2N2O5S+. The van der Waals surface area contributed by atoms with Crippen LogP contribution in [-0.2, 0) is 25.7 Å². The molecule has 0 saturated heterocycles. The summed E-state index contributed by atoms with van der Waals surface area (Å²) in [5, 5.41) is 9.01. The molecule has 1 unspecified atom stereocenters. The van der Waals surface area contributed by atoms with E-state index in [0.29, 0.717) is 12.8 Å². The van der Waals surface area contributed by atoms with E-state index >= 15 is 0 Å². The summed E-state index contributed by atoms with van der Waals surface area (Å²) in [6, 6.07) is 12.4.